The first-order chi connectivity index (χ1) is 6.90. The number of anilines is 1. The zero-order chi connectivity index (χ0) is 9.80. The normalized spacial score (nSPS) is 13.9. The number of nitrogens with one attached hydrogen (secondary N) is 1. The largest absolute Gasteiger partial charge is 0.490 e. The molecule has 0 amide bonds. The molecular formula is C10H10N3O. The SMILES string of the molecule is [CH2]Oc1ccc(N2C=CN=CN2)cc1. The van der Waals surface area contributed by atoms with Crippen LogP contribution in [0.5, 0.6) is 5.75 Å². The van der Waals surface area contributed by atoms with Crippen LogP contribution in [0, 0.1) is 7.11 Å². The van der Waals surface area contributed by atoms with Crippen LogP contribution >= 0.6 is 0 Å². The van der Waals surface area contributed by atoms with Crippen molar-refractivity contribution >= 4 is 12.0 Å². The van der Waals surface area contributed by atoms with E-state index >= 15 is 0 Å². The average Bonchev–Trinajstić information content (AvgIpc) is 2.30. The highest BCUT2D eigenvalue weighted by atomic mass is 16.5. The molecule has 0 fully saturated rings. The number of rotatable bonds is 2. The van der Waals surface area contributed by atoms with Gasteiger partial charge >= 0.3 is 0 Å². The molecule has 1 heterocycles. The van der Waals surface area contributed by atoms with Crippen LogP contribution < -0.4 is 15.2 Å². The first-order valence-corrected chi connectivity index (χ1v) is 4.16. The molecule has 0 bridgehead atoms. The van der Waals surface area contributed by atoms with Gasteiger partial charge in [0.1, 0.15) is 19.2 Å². The molecular weight excluding hydrogens is 178 g/mol. The number of nitrogens with zero attached hydrogens (tertiary/aromatic N) is 2. The third-order valence-corrected chi connectivity index (χ3v) is 1.85. The van der Waals surface area contributed by atoms with E-state index in [0.717, 1.165) is 11.4 Å². The molecule has 0 saturated carbocycles. The molecule has 0 spiro atoms. The molecule has 0 unspecified atom stereocenters. The molecule has 1 aliphatic heterocycles. The molecule has 1 radical (unpaired) electrons. The zero-order valence-corrected chi connectivity index (χ0v) is 7.55. The average molecular weight is 188 g/mol. The van der Waals surface area contributed by atoms with Gasteiger partial charge in [0.05, 0.1) is 5.69 Å². The number of ether oxygens (including phenoxy) is 1. The minimum absolute atomic E-state index is 0.739. The van der Waals surface area contributed by atoms with Gasteiger partial charge in [-0.05, 0) is 24.3 Å². The van der Waals surface area contributed by atoms with Gasteiger partial charge in [-0.1, -0.05) is 0 Å². The molecule has 71 valence electrons. The summed E-state index contributed by atoms with van der Waals surface area (Å²) in [5.74, 6) is 0.739. The van der Waals surface area contributed by atoms with E-state index in [0.29, 0.717) is 0 Å². The van der Waals surface area contributed by atoms with Gasteiger partial charge in [-0.3, -0.25) is 10.4 Å². The Kier molecular flexibility index (Phi) is 2.36. The number of hydrogen-bond acceptors (Lipinski definition) is 4. The highest BCUT2D eigenvalue weighted by Gasteiger charge is 2.02. The standard InChI is InChI=1S/C10H10N3O/c1-14-10-4-2-9(3-5-10)13-7-6-11-8-12-13/h2-8H,1H2,(H,11,12). The molecule has 4 heteroatoms. The Morgan fingerprint density at radius 2 is 2.07 bits per heavy atom. The van der Waals surface area contributed by atoms with Crippen LogP contribution in [0.1, 0.15) is 0 Å². The van der Waals surface area contributed by atoms with Crippen LogP contribution in [0.2, 0.25) is 0 Å². The van der Waals surface area contributed by atoms with Crippen molar-refractivity contribution in [1.82, 2.24) is 5.43 Å². The van der Waals surface area contributed by atoms with Crippen molar-refractivity contribution in [2.24, 2.45) is 4.99 Å². The third kappa shape index (κ3) is 1.69. The van der Waals surface area contributed by atoms with Crippen LogP contribution in [0.3, 0.4) is 0 Å². The molecule has 2 rings (SSSR count). The van der Waals surface area contributed by atoms with Gasteiger partial charge < -0.3 is 4.74 Å². The van der Waals surface area contributed by atoms with E-state index in [1.54, 1.807) is 12.5 Å². The predicted octanol–water partition coefficient (Wildman–Crippen LogP) is 1.68. The second-order valence-electron chi connectivity index (χ2n) is 2.71. The summed E-state index contributed by atoms with van der Waals surface area (Å²) >= 11 is 0. The number of hydrazine groups is 1. The van der Waals surface area contributed by atoms with Crippen LogP contribution in [0.25, 0.3) is 0 Å². The Labute approximate surface area is 82.5 Å². The zero-order valence-electron chi connectivity index (χ0n) is 7.55. The fourth-order valence-corrected chi connectivity index (χ4v) is 1.15. The van der Waals surface area contributed by atoms with Crippen molar-refractivity contribution in [3.05, 3.63) is 43.8 Å². The van der Waals surface area contributed by atoms with E-state index in [1.165, 1.54) is 0 Å². The maximum absolute atomic E-state index is 4.82. The molecule has 1 aromatic rings. The molecule has 1 aromatic carbocycles. The summed E-state index contributed by atoms with van der Waals surface area (Å²) in [6.45, 7) is 0. The van der Waals surface area contributed by atoms with Gasteiger partial charge in [0, 0.05) is 12.4 Å². The van der Waals surface area contributed by atoms with Gasteiger partial charge in [-0.2, -0.15) is 0 Å². The summed E-state index contributed by atoms with van der Waals surface area (Å²) in [6.07, 6.45) is 5.16. The Bertz CT molecular complexity index is 356. The van der Waals surface area contributed by atoms with Gasteiger partial charge in [0.2, 0.25) is 0 Å². The van der Waals surface area contributed by atoms with Crippen molar-refractivity contribution in [3.63, 3.8) is 0 Å². The molecule has 1 N–H and O–H groups in total. The Morgan fingerprint density at radius 1 is 1.29 bits per heavy atom. The summed E-state index contributed by atoms with van der Waals surface area (Å²) in [5.41, 5.74) is 3.98. The van der Waals surface area contributed by atoms with E-state index < -0.39 is 0 Å². The van der Waals surface area contributed by atoms with Crippen LogP contribution in [-0.4, -0.2) is 6.34 Å². The van der Waals surface area contributed by atoms with Crippen LogP contribution in [0.15, 0.2) is 41.7 Å². The number of benzene rings is 1. The quantitative estimate of drug-likeness (QED) is 0.767. The first-order valence-electron chi connectivity index (χ1n) is 4.16. The fraction of sp³-hybridized carbons (Fsp3) is 0. The summed E-state index contributed by atoms with van der Waals surface area (Å²) < 4.78 is 4.82. The molecule has 0 atom stereocenters. The highest BCUT2D eigenvalue weighted by Crippen LogP contribution is 2.18. The van der Waals surface area contributed by atoms with Gasteiger partial charge in [-0.25, -0.2) is 4.99 Å². The summed E-state index contributed by atoms with van der Waals surface area (Å²) in [5, 5.41) is 1.85. The second kappa shape index (κ2) is 3.83. The summed E-state index contributed by atoms with van der Waals surface area (Å²) in [4.78, 5) is 3.89. The van der Waals surface area contributed by atoms with E-state index in [9.17, 15) is 0 Å². The minimum atomic E-state index is 0.739. The smallest absolute Gasteiger partial charge is 0.122 e. The van der Waals surface area contributed by atoms with Gasteiger partial charge in [0.25, 0.3) is 0 Å². The maximum atomic E-state index is 4.82. The fourth-order valence-electron chi connectivity index (χ4n) is 1.15. The summed E-state index contributed by atoms with van der Waals surface area (Å²) in [6, 6.07) is 7.56. The Balaban J connectivity index is 2.16. The molecule has 0 aliphatic carbocycles. The number of hydrogen-bond donors (Lipinski definition) is 1. The lowest BCUT2D eigenvalue weighted by Gasteiger charge is -2.21. The lowest BCUT2D eigenvalue weighted by Crippen LogP contribution is -2.33. The minimum Gasteiger partial charge on any atom is -0.490 e. The molecule has 14 heavy (non-hydrogen) atoms. The lowest BCUT2D eigenvalue weighted by molar-refractivity contribution is 0.473. The van der Waals surface area contributed by atoms with E-state index in [2.05, 4.69) is 17.5 Å². The van der Waals surface area contributed by atoms with E-state index in [1.807, 2.05) is 35.5 Å². The van der Waals surface area contributed by atoms with Crippen molar-refractivity contribution in [2.45, 2.75) is 0 Å². The van der Waals surface area contributed by atoms with E-state index in [-0.39, 0.29) is 0 Å². The molecule has 0 saturated heterocycles. The maximum Gasteiger partial charge on any atom is 0.122 e. The second-order valence-corrected chi connectivity index (χ2v) is 2.71. The predicted molar refractivity (Wildman–Crippen MR) is 55.7 cm³/mol. The summed E-state index contributed by atoms with van der Waals surface area (Å²) in [7, 11) is 3.33. The van der Waals surface area contributed by atoms with Gasteiger partial charge in [0.15, 0.2) is 0 Å². The molecule has 0 aromatic heterocycles. The first kappa shape index (κ1) is 8.62. The topological polar surface area (TPSA) is 36.9 Å². The lowest BCUT2D eigenvalue weighted by atomic mass is 10.3. The van der Waals surface area contributed by atoms with E-state index in [4.69, 9.17) is 4.74 Å². The molecule has 1 aliphatic rings. The van der Waals surface area contributed by atoms with Crippen LogP contribution in [-0.2, 0) is 0 Å². The Morgan fingerprint density at radius 3 is 2.64 bits per heavy atom. The monoisotopic (exact) mass is 188 g/mol. The van der Waals surface area contributed by atoms with Crippen LogP contribution in [0.4, 0.5) is 5.69 Å². The van der Waals surface area contributed by atoms with Crippen molar-refractivity contribution in [1.29, 1.82) is 0 Å². The van der Waals surface area contributed by atoms with Gasteiger partial charge in [-0.15, -0.1) is 0 Å². The van der Waals surface area contributed by atoms with Crippen molar-refractivity contribution in [3.8, 4) is 5.75 Å². The van der Waals surface area contributed by atoms with Crippen molar-refractivity contribution < 1.29 is 4.74 Å². The molecule has 4 nitrogen and oxygen atoms in total. The number of aliphatic imine (C=N–C) groups is 1. The highest BCUT2D eigenvalue weighted by molar-refractivity contribution is 5.64. The van der Waals surface area contributed by atoms with Crippen molar-refractivity contribution in [2.75, 3.05) is 5.01 Å². The third-order valence-electron chi connectivity index (χ3n) is 1.85. The Hall–Kier alpha value is -1.97.